The molecule has 1 aliphatic rings. The normalized spacial score (nSPS) is 17.5. The summed E-state index contributed by atoms with van der Waals surface area (Å²) in [5.74, 6) is -4.30. The van der Waals surface area contributed by atoms with Crippen molar-refractivity contribution in [1.29, 1.82) is 0 Å². The lowest BCUT2D eigenvalue weighted by atomic mass is 9.97. The molecular formula is C21H21F2NO4S. The quantitative estimate of drug-likeness (QED) is 0.549. The Morgan fingerprint density at radius 1 is 1.17 bits per heavy atom. The van der Waals surface area contributed by atoms with Gasteiger partial charge in [-0.25, -0.2) is 22.0 Å². The van der Waals surface area contributed by atoms with Crippen LogP contribution >= 0.6 is 0 Å². The van der Waals surface area contributed by atoms with Gasteiger partial charge >= 0.3 is 5.97 Å². The van der Waals surface area contributed by atoms with Gasteiger partial charge in [0.15, 0.2) is 0 Å². The van der Waals surface area contributed by atoms with Crippen molar-refractivity contribution in [3.8, 4) is 0 Å². The van der Waals surface area contributed by atoms with Crippen molar-refractivity contribution in [2.45, 2.75) is 31.1 Å². The molecule has 3 rings (SSSR count). The van der Waals surface area contributed by atoms with E-state index in [1.165, 1.54) is 30.3 Å². The number of rotatable bonds is 4. The van der Waals surface area contributed by atoms with E-state index in [4.69, 9.17) is 4.74 Å². The monoisotopic (exact) mass is 421 g/mol. The third-order valence-electron chi connectivity index (χ3n) is 4.64. The number of sulfonamides is 1. The number of para-hydroxylation sites is 1. The van der Waals surface area contributed by atoms with E-state index in [9.17, 15) is 22.0 Å². The molecule has 2 aromatic rings. The first kappa shape index (κ1) is 21.0. The summed E-state index contributed by atoms with van der Waals surface area (Å²) in [6.07, 6.45) is -0.0116. The molecule has 0 aromatic heterocycles. The molecule has 5 nitrogen and oxygen atoms in total. The summed E-state index contributed by atoms with van der Waals surface area (Å²) in [6.45, 7) is 3.01. The van der Waals surface area contributed by atoms with Crippen LogP contribution in [0.15, 0.2) is 59.5 Å². The number of aryl methyl sites for hydroxylation is 1. The molecule has 0 saturated carbocycles. The topological polar surface area (TPSA) is 63.7 Å². The van der Waals surface area contributed by atoms with Crippen LogP contribution in [0, 0.1) is 6.92 Å². The fourth-order valence-electron chi connectivity index (χ4n) is 3.19. The zero-order valence-electron chi connectivity index (χ0n) is 16.1. The van der Waals surface area contributed by atoms with E-state index in [0.29, 0.717) is 0 Å². The zero-order chi connectivity index (χ0) is 21.2. The Balaban J connectivity index is 2.17. The maximum Gasteiger partial charge on any atom is 0.331 e. The summed E-state index contributed by atoms with van der Waals surface area (Å²) >= 11 is 0. The molecule has 2 aromatic carbocycles. The molecule has 1 aliphatic heterocycles. The highest BCUT2D eigenvalue weighted by Crippen LogP contribution is 2.44. The van der Waals surface area contributed by atoms with Crippen LogP contribution < -0.4 is 4.31 Å². The average Bonchev–Trinajstić information content (AvgIpc) is 2.77. The van der Waals surface area contributed by atoms with E-state index < -0.39 is 40.5 Å². The molecule has 29 heavy (non-hydrogen) atoms. The Morgan fingerprint density at radius 3 is 2.48 bits per heavy atom. The standard InChI is InChI=1S/C21H21F2NO4S/c1-3-28-20(25)14-18-17-6-4-5-7-19(17)24(13-12-21(18,22)23)29(26,27)16-10-8-15(2)9-11-16/h4-11,14H,3,12-13H2,1-2H3/b18-14-. The lowest BCUT2D eigenvalue weighted by molar-refractivity contribution is -0.137. The number of hydrogen-bond acceptors (Lipinski definition) is 4. The van der Waals surface area contributed by atoms with Gasteiger partial charge in [0.1, 0.15) is 0 Å². The Hall–Kier alpha value is -2.74. The minimum Gasteiger partial charge on any atom is -0.463 e. The van der Waals surface area contributed by atoms with Crippen molar-refractivity contribution >= 4 is 27.3 Å². The maximum atomic E-state index is 14.9. The minimum absolute atomic E-state index is 0.0130. The number of alkyl halides is 2. The van der Waals surface area contributed by atoms with Crippen LogP contribution in [-0.4, -0.2) is 33.5 Å². The van der Waals surface area contributed by atoms with Gasteiger partial charge in [0.05, 0.1) is 17.2 Å². The van der Waals surface area contributed by atoms with Crippen LogP contribution in [0.25, 0.3) is 5.57 Å². The van der Waals surface area contributed by atoms with Crippen molar-refractivity contribution in [3.05, 3.63) is 65.7 Å². The summed E-state index contributed by atoms with van der Waals surface area (Å²) in [4.78, 5) is 11.9. The Kier molecular flexibility index (Phi) is 5.75. The van der Waals surface area contributed by atoms with Crippen LogP contribution in [0.3, 0.4) is 0 Å². The van der Waals surface area contributed by atoms with Gasteiger partial charge in [-0.2, -0.15) is 0 Å². The van der Waals surface area contributed by atoms with Crippen LogP contribution in [-0.2, 0) is 19.6 Å². The fraction of sp³-hybridized carbons (Fsp3) is 0.286. The Labute approximate surface area is 168 Å². The fourth-order valence-corrected chi connectivity index (χ4v) is 4.67. The first-order valence-corrected chi connectivity index (χ1v) is 10.6. The average molecular weight is 421 g/mol. The number of anilines is 1. The van der Waals surface area contributed by atoms with Crippen molar-refractivity contribution in [3.63, 3.8) is 0 Å². The first-order valence-electron chi connectivity index (χ1n) is 9.12. The van der Waals surface area contributed by atoms with Crippen molar-refractivity contribution < 1.29 is 26.7 Å². The van der Waals surface area contributed by atoms with Crippen LogP contribution in [0.5, 0.6) is 0 Å². The van der Waals surface area contributed by atoms with Gasteiger partial charge in [-0.1, -0.05) is 35.9 Å². The minimum atomic E-state index is -4.07. The van der Waals surface area contributed by atoms with Crippen molar-refractivity contribution in [2.24, 2.45) is 0 Å². The van der Waals surface area contributed by atoms with Crippen molar-refractivity contribution in [2.75, 3.05) is 17.5 Å². The number of esters is 1. The molecular weight excluding hydrogens is 400 g/mol. The zero-order valence-corrected chi connectivity index (χ0v) is 16.9. The number of allylic oxidation sites excluding steroid dienone is 1. The highest BCUT2D eigenvalue weighted by atomic mass is 32.2. The number of hydrogen-bond donors (Lipinski definition) is 0. The van der Waals surface area contributed by atoms with Gasteiger partial charge in [-0.05, 0) is 32.0 Å². The number of benzene rings is 2. The molecule has 0 atom stereocenters. The molecule has 0 amide bonds. The lowest BCUT2D eigenvalue weighted by Gasteiger charge is -2.24. The van der Waals surface area contributed by atoms with E-state index in [1.807, 2.05) is 6.92 Å². The highest BCUT2D eigenvalue weighted by Gasteiger charge is 2.42. The first-order chi connectivity index (χ1) is 13.7. The molecule has 8 heteroatoms. The third kappa shape index (κ3) is 4.17. The van der Waals surface area contributed by atoms with Gasteiger partial charge in [-0.3, -0.25) is 4.31 Å². The number of nitrogens with zero attached hydrogens (tertiary/aromatic N) is 1. The number of fused-ring (bicyclic) bond motifs is 1. The van der Waals surface area contributed by atoms with E-state index >= 15 is 0 Å². The summed E-state index contributed by atoms with van der Waals surface area (Å²) < 4.78 is 62.1. The summed E-state index contributed by atoms with van der Waals surface area (Å²) in [7, 11) is -4.07. The number of carbonyl (C=O) groups excluding carboxylic acids is 1. The van der Waals surface area contributed by atoms with Gasteiger partial charge in [0.25, 0.3) is 15.9 Å². The molecule has 0 saturated heterocycles. The van der Waals surface area contributed by atoms with Crippen LogP contribution in [0.1, 0.15) is 24.5 Å². The summed E-state index contributed by atoms with van der Waals surface area (Å²) in [6, 6.07) is 12.1. The molecule has 0 unspecified atom stereocenters. The van der Waals surface area contributed by atoms with E-state index in [-0.39, 0.29) is 22.8 Å². The van der Waals surface area contributed by atoms with Gasteiger partial charge in [0, 0.05) is 30.2 Å². The molecule has 0 fully saturated rings. The predicted octanol–water partition coefficient (Wildman–Crippen LogP) is 4.18. The second-order valence-electron chi connectivity index (χ2n) is 6.67. The van der Waals surface area contributed by atoms with Gasteiger partial charge in [0.2, 0.25) is 0 Å². The lowest BCUT2D eigenvalue weighted by Crippen LogP contribution is -2.33. The number of halogens is 2. The van der Waals surface area contributed by atoms with Gasteiger partial charge in [-0.15, -0.1) is 0 Å². The number of ether oxygens (including phenoxy) is 1. The molecule has 0 radical (unpaired) electrons. The predicted molar refractivity (Wildman–Crippen MR) is 106 cm³/mol. The largest absolute Gasteiger partial charge is 0.463 e. The van der Waals surface area contributed by atoms with Crippen molar-refractivity contribution in [1.82, 2.24) is 0 Å². The van der Waals surface area contributed by atoms with E-state index in [0.717, 1.165) is 15.9 Å². The van der Waals surface area contributed by atoms with E-state index in [2.05, 4.69) is 0 Å². The molecule has 0 N–H and O–H groups in total. The smallest absolute Gasteiger partial charge is 0.331 e. The Bertz CT molecular complexity index is 1050. The molecule has 0 spiro atoms. The second-order valence-corrected chi connectivity index (χ2v) is 8.53. The molecule has 154 valence electrons. The van der Waals surface area contributed by atoms with Crippen LogP contribution in [0.2, 0.25) is 0 Å². The molecule has 0 bridgehead atoms. The molecule has 1 heterocycles. The third-order valence-corrected chi connectivity index (χ3v) is 6.47. The Morgan fingerprint density at radius 2 is 1.83 bits per heavy atom. The van der Waals surface area contributed by atoms with E-state index in [1.54, 1.807) is 25.1 Å². The van der Waals surface area contributed by atoms with Crippen LogP contribution in [0.4, 0.5) is 14.5 Å². The molecule has 0 aliphatic carbocycles. The van der Waals surface area contributed by atoms with Gasteiger partial charge < -0.3 is 4.74 Å². The SMILES string of the molecule is CCOC(=O)/C=C1/c2ccccc2N(S(=O)(=O)c2ccc(C)cc2)CCC1(F)F. The maximum absolute atomic E-state index is 14.9. The summed E-state index contributed by atoms with van der Waals surface area (Å²) in [5.41, 5.74) is 0.416. The summed E-state index contributed by atoms with van der Waals surface area (Å²) in [5, 5.41) is 0. The number of carbonyl (C=O) groups is 1. The highest BCUT2D eigenvalue weighted by molar-refractivity contribution is 7.92. The second kappa shape index (κ2) is 7.94.